The zero-order chi connectivity index (χ0) is 11.7. The quantitative estimate of drug-likeness (QED) is 0.747. The number of benzene rings is 1. The second-order valence-corrected chi connectivity index (χ2v) is 4.82. The molecule has 0 radical (unpaired) electrons. The standard InChI is InChI=1S/C13H17ClN2/c1-9(2)13-15-11-5-4-10(6-7-14)8-12(11)16(13)3/h4-5,8-9H,6-7H2,1-3H3. The van der Waals surface area contributed by atoms with Crippen LogP contribution < -0.4 is 0 Å². The van der Waals surface area contributed by atoms with E-state index < -0.39 is 0 Å². The van der Waals surface area contributed by atoms with Crippen LogP contribution in [0.2, 0.25) is 0 Å². The van der Waals surface area contributed by atoms with Crippen molar-refractivity contribution in [2.75, 3.05) is 5.88 Å². The number of hydrogen-bond acceptors (Lipinski definition) is 1. The zero-order valence-corrected chi connectivity index (χ0v) is 10.8. The number of rotatable bonds is 3. The highest BCUT2D eigenvalue weighted by molar-refractivity contribution is 6.18. The van der Waals surface area contributed by atoms with Gasteiger partial charge in [-0.25, -0.2) is 4.98 Å². The van der Waals surface area contributed by atoms with Crippen molar-refractivity contribution < 1.29 is 0 Å². The van der Waals surface area contributed by atoms with Crippen LogP contribution in [0.3, 0.4) is 0 Å². The molecule has 1 heterocycles. The average molecular weight is 237 g/mol. The summed E-state index contributed by atoms with van der Waals surface area (Å²) in [4.78, 5) is 4.64. The van der Waals surface area contributed by atoms with Gasteiger partial charge in [0.2, 0.25) is 0 Å². The molecule has 0 aliphatic carbocycles. The molecule has 0 spiro atoms. The van der Waals surface area contributed by atoms with E-state index in [4.69, 9.17) is 11.6 Å². The van der Waals surface area contributed by atoms with Crippen LogP contribution in [0, 0.1) is 0 Å². The molecule has 3 heteroatoms. The summed E-state index contributed by atoms with van der Waals surface area (Å²) in [5.74, 6) is 2.26. The third-order valence-electron chi connectivity index (χ3n) is 2.88. The van der Waals surface area contributed by atoms with Gasteiger partial charge in [-0.2, -0.15) is 0 Å². The Kier molecular flexibility index (Phi) is 3.20. The van der Waals surface area contributed by atoms with Gasteiger partial charge in [0, 0.05) is 18.8 Å². The van der Waals surface area contributed by atoms with Crippen molar-refractivity contribution in [2.45, 2.75) is 26.2 Å². The summed E-state index contributed by atoms with van der Waals surface area (Å²) in [5, 5.41) is 0. The van der Waals surface area contributed by atoms with Crippen molar-refractivity contribution in [3.8, 4) is 0 Å². The predicted molar refractivity (Wildman–Crippen MR) is 69.2 cm³/mol. The predicted octanol–water partition coefficient (Wildman–Crippen LogP) is 3.48. The van der Waals surface area contributed by atoms with E-state index in [1.54, 1.807) is 0 Å². The lowest BCUT2D eigenvalue weighted by Crippen LogP contribution is -1.99. The SMILES string of the molecule is CC(C)c1nc2ccc(CCCl)cc2n1C. The molecule has 16 heavy (non-hydrogen) atoms. The molecule has 0 unspecified atom stereocenters. The van der Waals surface area contributed by atoms with Gasteiger partial charge in [0.25, 0.3) is 0 Å². The summed E-state index contributed by atoms with van der Waals surface area (Å²) >= 11 is 5.76. The fourth-order valence-electron chi connectivity index (χ4n) is 2.04. The summed E-state index contributed by atoms with van der Waals surface area (Å²) in [6.07, 6.45) is 0.916. The fourth-order valence-corrected chi connectivity index (χ4v) is 2.25. The number of imidazole rings is 1. The Morgan fingerprint density at radius 3 is 2.75 bits per heavy atom. The van der Waals surface area contributed by atoms with Crippen LogP contribution in [0.5, 0.6) is 0 Å². The lowest BCUT2D eigenvalue weighted by atomic mass is 10.1. The molecule has 0 amide bonds. The van der Waals surface area contributed by atoms with Gasteiger partial charge in [-0.05, 0) is 24.1 Å². The second kappa shape index (κ2) is 4.46. The van der Waals surface area contributed by atoms with Gasteiger partial charge in [-0.15, -0.1) is 11.6 Å². The summed E-state index contributed by atoms with van der Waals surface area (Å²) < 4.78 is 2.18. The maximum Gasteiger partial charge on any atom is 0.112 e. The van der Waals surface area contributed by atoms with Crippen LogP contribution in [-0.2, 0) is 13.5 Å². The van der Waals surface area contributed by atoms with Gasteiger partial charge < -0.3 is 4.57 Å². The minimum atomic E-state index is 0.453. The van der Waals surface area contributed by atoms with Crippen molar-refractivity contribution in [2.24, 2.45) is 7.05 Å². The molecule has 0 aliphatic heterocycles. The van der Waals surface area contributed by atoms with Crippen molar-refractivity contribution in [3.05, 3.63) is 29.6 Å². The normalized spacial score (nSPS) is 11.6. The maximum absolute atomic E-state index is 5.76. The Hall–Kier alpha value is -1.02. The highest BCUT2D eigenvalue weighted by Gasteiger charge is 2.10. The Morgan fingerprint density at radius 1 is 1.38 bits per heavy atom. The van der Waals surface area contributed by atoms with Crippen molar-refractivity contribution in [3.63, 3.8) is 0 Å². The summed E-state index contributed by atoms with van der Waals surface area (Å²) in [5.41, 5.74) is 3.55. The largest absolute Gasteiger partial charge is 0.331 e. The molecule has 0 fully saturated rings. The van der Waals surface area contributed by atoms with Gasteiger partial charge >= 0.3 is 0 Å². The first-order valence-corrected chi connectivity index (χ1v) is 6.18. The number of hydrogen-bond donors (Lipinski definition) is 0. The Morgan fingerprint density at radius 2 is 2.12 bits per heavy atom. The molecule has 0 N–H and O–H groups in total. The van der Waals surface area contributed by atoms with E-state index in [2.05, 4.69) is 48.6 Å². The summed E-state index contributed by atoms with van der Waals surface area (Å²) in [7, 11) is 2.08. The molecular formula is C13H17ClN2. The molecule has 0 saturated carbocycles. The first-order chi connectivity index (χ1) is 7.63. The molecule has 0 bridgehead atoms. The maximum atomic E-state index is 5.76. The number of halogens is 1. The highest BCUT2D eigenvalue weighted by atomic mass is 35.5. The van der Waals surface area contributed by atoms with Gasteiger partial charge in [0.15, 0.2) is 0 Å². The summed E-state index contributed by atoms with van der Waals surface area (Å²) in [6.45, 7) is 4.34. The number of nitrogens with zero attached hydrogens (tertiary/aromatic N) is 2. The van der Waals surface area contributed by atoms with Crippen LogP contribution in [0.1, 0.15) is 31.2 Å². The monoisotopic (exact) mass is 236 g/mol. The van der Waals surface area contributed by atoms with E-state index in [0.717, 1.165) is 17.8 Å². The van der Waals surface area contributed by atoms with Crippen molar-refractivity contribution in [1.29, 1.82) is 0 Å². The van der Waals surface area contributed by atoms with Gasteiger partial charge in [0.1, 0.15) is 5.82 Å². The fraction of sp³-hybridized carbons (Fsp3) is 0.462. The second-order valence-electron chi connectivity index (χ2n) is 4.45. The van der Waals surface area contributed by atoms with Crippen LogP contribution in [0.4, 0.5) is 0 Å². The third kappa shape index (κ3) is 1.94. The highest BCUT2D eigenvalue weighted by Crippen LogP contribution is 2.21. The van der Waals surface area contributed by atoms with Crippen molar-refractivity contribution in [1.82, 2.24) is 9.55 Å². The first kappa shape index (κ1) is 11.5. The Balaban J connectivity index is 2.55. The molecule has 86 valence electrons. The van der Waals surface area contributed by atoms with E-state index in [0.29, 0.717) is 11.8 Å². The molecule has 1 aromatic heterocycles. The average Bonchev–Trinajstić information content (AvgIpc) is 2.57. The van der Waals surface area contributed by atoms with E-state index >= 15 is 0 Å². The molecule has 2 nitrogen and oxygen atoms in total. The van der Waals surface area contributed by atoms with Gasteiger partial charge in [0.05, 0.1) is 11.0 Å². The minimum Gasteiger partial charge on any atom is -0.331 e. The number of aromatic nitrogens is 2. The number of aryl methyl sites for hydroxylation is 2. The molecule has 0 aliphatic rings. The molecule has 1 aromatic carbocycles. The van der Waals surface area contributed by atoms with E-state index in [1.165, 1.54) is 11.1 Å². The topological polar surface area (TPSA) is 17.8 Å². The lowest BCUT2D eigenvalue weighted by Gasteiger charge is -2.05. The van der Waals surface area contributed by atoms with Gasteiger partial charge in [-0.1, -0.05) is 19.9 Å². The number of alkyl halides is 1. The molecule has 0 atom stereocenters. The molecular weight excluding hydrogens is 220 g/mol. The molecule has 2 rings (SSSR count). The summed E-state index contributed by atoms with van der Waals surface area (Å²) in [6, 6.07) is 6.39. The van der Waals surface area contributed by atoms with E-state index in [-0.39, 0.29) is 0 Å². The van der Waals surface area contributed by atoms with E-state index in [9.17, 15) is 0 Å². The smallest absolute Gasteiger partial charge is 0.112 e. The molecule has 2 aromatic rings. The minimum absolute atomic E-state index is 0.453. The number of fused-ring (bicyclic) bond motifs is 1. The lowest BCUT2D eigenvalue weighted by molar-refractivity contribution is 0.722. The van der Waals surface area contributed by atoms with E-state index in [1.807, 2.05) is 0 Å². The molecule has 0 saturated heterocycles. The Labute approximate surface area is 101 Å². The van der Waals surface area contributed by atoms with Gasteiger partial charge in [-0.3, -0.25) is 0 Å². The van der Waals surface area contributed by atoms with Crippen LogP contribution in [0.25, 0.3) is 11.0 Å². The van der Waals surface area contributed by atoms with Crippen LogP contribution >= 0.6 is 11.6 Å². The zero-order valence-electron chi connectivity index (χ0n) is 10.00. The third-order valence-corrected chi connectivity index (χ3v) is 3.07. The van der Waals surface area contributed by atoms with Crippen molar-refractivity contribution >= 4 is 22.6 Å². The Bertz CT molecular complexity index is 500. The van der Waals surface area contributed by atoms with Crippen LogP contribution in [0.15, 0.2) is 18.2 Å². The first-order valence-electron chi connectivity index (χ1n) is 5.64. The van der Waals surface area contributed by atoms with Crippen LogP contribution in [-0.4, -0.2) is 15.4 Å².